The monoisotopic (exact) mass is 453 g/mol. The van der Waals surface area contributed by atoms with E-state index in [1.807, 2.05) is 12.5 Å². The van der Waals surface area contributed by atoms with E-state index in [0.29, 0.717) is 41.0 Å². The third-order valence-electron chi connectivity index (χ3n) is 11.9. The average molecular weight is 454 g/mol. The van der Waals surface area contributed by atoms with E-state index >= 15 is 0 Å². The molecule has 0 amide bonds. The quantitative estimate of drug-likeness (QED) is 0.558. The lowest BCUT2D eigenvalue weighted by atomic mass is 9.44. The molecule has 6 fully saturated rings. The summed E-state index contributed by atoms with van der Waals surface area (Å²) in [6, 6.07) is 2.22. The van der Waals surface area contributed by atoms with Crippen molar-refractivity contribution in [2.45, 2.75) is 95.9 Å². The van der Waals surface area contributed by atoms with Crippen LogP contribution in [0.2, 0.25) is 0 Å². The van der Waals surface area contributed by atoms with Crippen molar-refractivity contribution >= 4 is 0 Å². The smallest absolute Gasteiger partial charge is 0.0937 e. The molecular weight excluding hydrogens is 410 g/mol. The molecule has 1 aromatic rings. The van der Waals surface area contributed by atoms with Gasteiger partial charge in [-0.1, -0.05) is 13.8 Å². The highest BCUT2D eigenvalue weighted by atomic mass is 16.5. The summed E-state index contributed by atoms with van der Waals surface area (Å²) in [6.45, 7) is 9.79. The second kappa shape index (κ2) is 7.83. The zero-order valence-electron chi connectivity index (χ0n) is 20.7. The van der Waals surface area contributed by atoms with Crippen LogP contribution in [0.1, 0.15) is 83.1 Å². The first kappa shape index (κ1) is 21.4. The summed E-state index contributed by atoms with van der Waals surface area (Å²) in [5.74, 6) is 3.78. The van der Waals surface area contributed by atoms with Gasteiger partial charge in [0, 0.05) is 13.0 Å². The van der Waals surface area contributed by atoms with Crippen LogP contribution < -0.4 is 0 Å². The largest absolute Gasteiger partial charge is 0.472 e. The van der Waals surface area contributed by atoms with Crippen LogP contribution in [0.3, 0.4) is 0 Å². The van der Waals surface area contributed by atoms with Crippen molar-refractivity contribution in [1.82, 2.24) is 4.90 Å². The Balaban J connectivity index is 1.15. The van der Waals surface area contributed by atoms with Crippen LogP contribution in [-0.2, 0) is 9.47 Å². The molecule has 10 atom stereocenters. The summed E-state index contributed by atoms with van der Waals surface area (Å²) in [7, 11) is 0. The van der Waals surface area contributed by atoms with Crippen molar-refractivity contribution in [3.8, 4) is 0 Å². The molecule has 5 unspecified atom stereocenters. The van der Waals surface area contributed by atoms with E-state index in [0.717, 1.165) is 37.3 Å². The Morgan fingerprint density at radius 3 is 2.79 bits per heavy atom. The summed E-state index contributed by atoms with van der Waals surface area (Å²) in [5, 5.41) is 0. The van der Waals surface area contributed by atoms with E-state index in [1.54, 1.807) is 0 Å². The van der Waals surface area contributed by atoms with Crippen LogP contribution in [0.15, 0.2) is 23.0 Å². The van der Waals surface area contributed by atoms with Crippen LogP contribution >= 0.6 is 0 Å². The van der Waals surface area contributed by atoms with Gasteiger partial charge in [0.2, 0.25) is 0 Å². The predicted molar refractivity (Wildman–Crippen MR) is 128 cm³/mol. The minimum absolute atomic E-state index is 0.356. The number of hydrogen-bond donors (Lipinski definition) is 0. The van der Waals surface area contributed by atoms with Crippen LogP contribution in [0.25, 0.3) is 0 Å². The first-order valence-electron chi connectivity index (χ1n) is 14.1. The molecule has 4 nitrogen and oxygen atoms in total. The van der Waals surface area contributed by atoms with Gasteiger partial charge in [0.15, 0.2) is 0 Å². The molecule has 4 saturated carbocycles. The Bertz CT molecular complexity index is 849. The lowest BCUT2D eigenvalue weighted by Crippen LogP contribution is -2.57. The third kappa shape index (κ3) is 3.12. The van der Waals surface area contributed by atoms with E-state index < -0.39 is 0 Å². The summed E-state index contributed by atoms with van der Waals surface area (Å²) >= 11 is 0. The standard InChI is InChI=1S/C29H43NO3/c1-28-9-7-23-22-6-5-20-15-21(32-14-12-30-10-3-4-11-30)16-26(29(20,23)2)33-25(27(22)28)17-24(28)19-8-13-31-18-19/h8,13,18,20-27H,3-7,9-12,14-17H2,1-2H3/t20?,21?,22-,23-,24?,25?,26?,27-,28-,29+/m1/s1. The minimum Gasteiger partial charge on any atom is -0.472 e. The molecule has 3 heterocycles. The highest BCUT2D eigenvalue weighted by Gasteiger charge is 2.68. The summed E-state index contributed by atoms with van der Waals surface area (Å²) in [5.41, 5.74) is 2.13. The zero-order valence-corrected chi connectivity index (χ0v) is 20.7. The Kier molecular flexibility index (Phi) is 5.09. The Labute approximate surface area is 199 Å². The van der Waals surface area contributed by atoms with Gasteiger partial charge < -0.3 is 18.8 Å². The average Bonchev–Trinajstić information content (AvgIpc) is 3.54. The molecule has 2 aliphatic heterocycles. The molecule has 2 saturated heterocycles. The van der Waals surface area contributed by atoms with E-state index in [9.17, 15) is 0 Å². The van der Waals surface area contributed by atoms with E-state index in [2.05, 4.69) is 24.8 Å². The maximum atomic E-state index is 7.29. The van der Waals surface area contributed by atoms with Gasteiger partial charge in [-0.15, -0.1) is 0 Å². The van der Waals surface area contributed by atoms with Gasteiger partial charge >= 0.3 is 0 Å². The van der Waals surface area contributed by atoms with Gasteiger partial charge in [0.05, 0.1) is 37.4 Å². The van der Waals surface area contributed by atoms with Crippen LogP contribution in [0.4, 0.5) is 0 Å². The lowest BCUT2D eigenvalue weighted by molar-refractivity contribution is -0.177. The van der Waals surface area contributed by atoms with Crippen molar-refractivity contribution in [2.24, 2.45) is 34.5 Å². The normalized spacial score (nSPS) is 51.0. The minimum atomic E-state index is 0.356. The van der Waals surface area contributed by atoms with Gasteiger partial charge in [0.1, 0.15) is 0 Å². The fourth-order valence-electron chi connectivity index (χ4n) is 10.3. The number of hydrogen-bond acceptors (Lipinski definition) is 4. The molecule has 6 aliphatic rings. The second-order valence-corrected chi connectivity index (χ2v) is 13.0. The van der Waals surface area contributed by atoms with Gasteiger partial charge in [-0.25, -0.2) is 0 Å². The van der Waals surface area contributed by atoms with E-state index in [4.69, 9.17) is 13.9 Å². The van der Waals surface area contributed by atoms with E-state index in [-0.39, 0.29) is 0 Å². The molecule has 4 heteroatoms. The molecule has 7 rings (SSSR count). The number of furan rings is 1. The number of ether oxygens (including phenoxy) is 2. The van der Waals surface area contributed by atoms with Gasteiger partial charge in [-0.2, -0.15) is 0 Å². The number of likely N-dealkylation sites (tertiary alicyclic amines) is 1. The maximum Gasteiger partial charge on any atom is 0.0937 e. The summed E-state index contributed by atoms with van der Waals surface area (Å²) < 4.78 is 19.4. The van der Waals surface area contributed by atoms with Gasteiger partial charge in [-0.3, -0.25) is 0 Å². The molecule has 4 aliphatic carbocycles. The molecule has 182 valence electrons. The van der Waals surface area contributed by atoms with Crippen LogP contribution in [-0.4, -0.2) is 49.5 Å². The molecule has 0 radical (unpaired) electrons. The van der Waals surface area contributed by atoms with Crippen LogP contribution in [0, 0.1) is 34.5 Å². The Morgan fingerprint density at radius 1 is 1.09 bits per heavy atom. The van der Waals surface area contributed by atoms with Crippen molar-refractivity contribution in [3.63, 3.8) is 0 Å². The highest BCUT2D eigenvalue weighted by Crippen LogP contribution is 2.72. The first-order valence-corrected chi connectivity index (χ1v) is 14.1. The molecule has 4 bridgehead atoms. The molecule has 1 aromatic heterocycles. The van der Waals surface area contributed by atoms with E-state index in [1.165, 1.54) is 70.0 Å². The van der Waals surface area contributed by atoms with Gasteiger partial charge in [-0.05, 0) is 117 Å². The van der Waals surface area contributed by atoms with Crippen molar-refractivity contribution in [3.05, 3.63) is 24.2 Å². The second-order valence-electron chi connectivity index (χ2n) is 13.0. The zero-order chi connectivity index (χ0) is 22.2. The van der Waals surface area contributed by atoms with Crippen molar-refractivity contribution < 1.29 is 13.9 Å². The van der Waals surface area contributed by atoms with Gasteiger partial charge in [0.25, 0.3) is 0 Å². The molecular formula is C29H43NO3. The molecule has 0 spiro atoms. The van der Waals surface area contributed by atoms with Crippen molar-refractivity contribution in [2.75, 3.05) is 26.2 Å². The third-order valence-corrected chi connectivity index (χ3v) is 11.9. The predicted octanol–water partition coefficient (Wildman–Crippen LogP) is 5.87. The summed E-state index contributed by atoms with van der Waals surface area (Å²) in [4.78, 5) is 2.58. The van der Waals surface area contributed by atoms with Crippen molar-refractivity contribution in [1.29, 1.82) is 0 Å². The fourth-order valence-corrected chi connectivity index (χ4v) is 10.3. The highest BCUT2D eigenvalue weighted by molar-refractivity contribution is 5.25. The fraction of sp³-hybridized carbons (Fsp3) is 0.862. The molecule has 33 heavy (non-hydrogen) atoms. The maximum absolute atomic E-state index is 7.29. The Hall–Kier alpha value is -0.840. The molecule has 0 N–H and O–H groups in total. The Morgan fingerprint density at radius 2 is 1.97 bits per heavy atom. The topological polar surface area (TPSA) is 34.8 Å². The van der Waals surface area contributed by atoms with Crippen LogP contribution in [0.5, 0.6) is 0 Å². The SMILES string of the molecule is C[C@]12C3CC[C@@H]4[C@H]1CC[C@]1(C)C(c5ccoc5)CC(OC2CC(OCCN2CCCC2)C3)[C@@H]41. The number of rotatable bonds is 5. The number of nitrogens with zero attached hydrogens (tertiary/aromatic N) is 1. The lowest BCUT2D eigenvalue weighted by Gasteiger charge is -2.60. The summed E-state index contributed by atoms with van der Waals surface area (Å²) in [6.07, 6.45) is 16.9. The first-order chi connectivity index (χ1) is 16.1. The molecule has 0 aromatic carbocycles.